The van der Waals surface area contributed by atoms with Gasteiger partial charge in [0.25, 0.3) is 0 Å². The summed E-state index contributed by atoms with van der Waals surface area (Å²) in [4.78, 5) is 13.9. The first kappa shape index (κ1) is 22.5. The van der Waals surface area contributed by atoms with Crippen LogP contribution in [0.25, 0.3) is 10.7 Å². The highest BCUT2D eigenvalue weighted by molar-refractivity contribution is 7.99. The highest BCUT2D eigenvalue weighted by Crippen LogP contribution is 2.53. The maximum absolute atomic E-state index is 12.8. The van der Waals surface area contributed by atoms with E-state index < -0.39 is 0 Å². The first-order valence-electron chi connectivity index (χ1n) is 11.6. The predicted octanol–water partition coefficient (Wildman–Crippen LogP) is 6.05. The average molecular weight is 483 g/mol. The molecule has 2 aliphatic carbocycles. The van der Waals surface area contributed by atoms with Crippen LogP contribution in [0, 0.1) is 24.7 Å². The molecular weight excluding hydrogens is 452 g/mol. The van der Waals surface area contributed by atoms with Gasteiger partial charge >= 0.3 is 0 Å². The molecule has 2 aromatic heterocycles. The molecule has 3 aromatic rings. The quantitative estimate of drug-likeness (QED) is 0.396. The average Bonchev–Trinajstić information content (AvgIpc) is 3.61. The van der Waals surface area contributed by atoms with Crippen molar-refractivity contribution in [3.05, 3.63) is 41.3 Å². The summed E-state index contributed by atoms with van der Waals surface area (Å²) >= 11 is 3.14. The zero-order chi connectivity index (χ0) is 22.9. The standard InChI is InChI=1S/C25H30N4O2S2/c1-15-6-9-21(31-3)20(11-15)26-23(30)14-33-25-28-27-24(22-5-4-10-32-22)29(25)16(2)19-13-17-7-8-18(19)12-17/h4-6,9-11,16-19H,7-8,12-14H2,1-3H3,(H,26,30). The van der Waals surface area contributed by atoms with Gasteiger partial charge in [-0.2, -0.15) is 0 Å². The van der Waals surface area contributed by atoms with Gasteiger partial charge in [0.1, 0.15) is 5.75 Å². The molecule has 6 nitrogen and oxygen atoms in total. The lowest BCUT2D eigenvalue weighted by Gasteiger charge is -2.30. The van der Waals surface area contributed by atoms with Crippen LogP contribution in [0.4, 0.5) is 5.69 Å². The Kier molecular flexibility index (Phi) is 6.47. The number of benzene rings is 1. The van der Waals surface area contributed by atoms with E-state index in [1.165, 1.54) is 37.4 Å². The topological polar surface area (TPSA) is 69.0 Å². The molecule has 2 saturated carbocycles. The lowest BCUT2D eigenvalue weighted by molar-refractivity contribution is -0.113. The monoisotopic (exact) mass is 482 g/mol. The predicted molar refractivity (Wildman–Crippen MR) is 134 cm³/mol. The Balaban J connectivity index is 1.35. The third-order valence-corrected chi connectivity index (χ3v) is 9.00. The molecule has 2 aliphatic rings. The molecule has 0 saturated heterocycles. The number of carbonyl (C=O) groups is 1. The molecule has 1 aromatic carbocycles. The van der Waals surface area contributed by atoms with Crippen molar-refractivity contribution in [2.45, 2.75) is 50.7 Å². The number of aromatic nitrogens is 3. The minimum absolute atomic E-state index is 0.0799. The number of methoxy groups -OCH3 is 1. The Hall–Kier alpha value is -2.32. The Morgan fingerprint density at radius 1 is 1.30 bits per heavy atom. The summed E-state index contributed by atoms with van der Waals surface area (Å²) in [5.41, 5.74) is 1.76. The van der Waals surface area contributed by atoms with Crippen LogP contribution in [0.3, 0.4) is 0 Å². The van der Waals surface area contributed by atoms with Crippen molar-refractivity contribution in [2.75, 3.05) is 18.2 Å². The fraction of sp³-hybridized carbons (Fsp3) is 0.480. The van der Waals surface area contributed by atoms with Crippen LogP contribution in [0.2, 0.25) is 0 Å². The van der Waals surface area contributed by atoms with Gasteiger partial charge in [0.15, 0.2) is 11.0 Å². The summed E-state index contributed by atoms with van der Waals surface area (Å²) in [5, 5.41) is 15.0. The zero-order valence-electron chi connectivity index (χ0n) is 19.3. The number of carbonyl (C=O) groups excluding carboxylic acids is 1. The third-order valence-electron chi connectivity index (χ3n) is 7.19. The molecule has 33 heavy (non-hydrogen) atoms. The second kappa shape index (κ2) is 9.50. The van der Waals surface area contributed by atoms with E-state index in [1.807, 2.05) is 25.1 Å². The minimum Gasteiger partial charge on any atom is -0.495 e. The molecule has 2 fully saturated rings. The van der Waals surface area contributed by atoms with Gasteiger partial charge in [0, 0.05) is 6.04 Å². The zero-order valence-corrected chi connectivity index (χ0v) is 20.9. The smallest absolute Gasteiger partial charge is 0.234 e. The van der Waals surface area contributed by atoms with Gasteiger partial charge in [-0.3, -0.25) is 9.36 Å². The van der Waals surface area contributed by atoms with E-state index >= 15 is 0 Å². The van der Waals surface area contributed by atoms with Crippen LogP contribution in [0.1, 0.15) is 44.2 Å². The molecule has 2 bridgehead atoms. The third kappa shape index (κ3) is 4.55. The van der Waals surface area contributed by atoms with Crippen molar-refractivity contribution >= 4 is 34.7 Å². The molecule has 0 spiro atoms. The van der Waals surface area contributed by atoms with Crippen molar-refractivity contribution in [3.8, 4) is 16.5 Å². The van der Waals surface area contributed by atoms with E-state index in [4.69, 9.17) is 4.74 Å². The van der Waals surface area contributed by atoms with Gasteiger partial charge < -0.3 is 10.1 Å². The van der Waals surface area contributed by atoms with E-state index in [1.54, 1.807) is 18.4 Å². The van der Waals surface area contributed by atoms with E-state index in [-0.39, 0.29) is 11.7 Å². The van der Waals surface area contributed by atoms with Gasteiger partial charge in [0.05, 0.1) is 23.4 Å². The van der Waals surface area contributed by atoms with Crippen LogP contribution < -0.4 is 10.1 Å². The summed E-state index contributed by atoms with van der Waals surface area (Å²) in [5.74, 6) is 4.11. The van der Waals surface area contributed by atoms with Crippen molar-refractivity contribution in [2.24, 2.45) is 17.8 Å². The number of thioether (sulfide) groups is 1. The van der Waals surface area contributed by atoms with Crippen molar-refractivity contribution in [1.29, 1.82) is 0 Å². The van der Waals surface area contributed by atoms with Crippen LogP contribution in [-0.4, -0.2) is 33.5 Å². The van der Waals surface area contributed by atoms with Crippen molar-refractivity contribution in [3.63, 3.8) is 0 Å². The molecular formula is C25H30N4O2S2. The summed E-state index contributed by atoms with van der Waals surface area (Å²) in [7, 11) is 1.61. The molecule has 2 heterocycles. The fourth-order valence-electron chi connectivity index (χ4n) is 5.63. The molecule has 0 radical (unpaired) electrons. The Bertz CT molecular complexity index is 1130. The normalized spacial score (nSPS) is 22.5. The first-order chi connectivity index (χ1) is 16.0. The van der Waals surface area contributed by atoms with Gasteiger partial charge in [0.2, 0.25) is 5.91 Å². The van der Waals surface area contributed by atoms with Crippen molar-refractivity contribution in [1.82, 2.24) is 14.8 Å². The summed E-state index contributed by atoms with van der Waals surface area (Å²) in [6.07, 6.45) is 5.40. The van der Waals surface area contributed by atoms with Crippen LogP contribution in [0.5, 0.6) is 5.75 Å². The van der Waals surface area contributed by atoms with E-state index in [9.17, 15) is 4.79 Å². The Labute approximate surface area is 203 Å². The number of hydrogen-bond acceptors (Lipinski definition) is 6. The molecule has 5 rings (SSSR count). The second-order valence-corrected chi connectivity index (χ2v) is 11.2. The summed E-state index contributed by atoms with van der Waals surface area (Å²) < 4.78 is 7.69. The molecule has 1 amide bonds. The molecule has 0 aliphatic heterocycles. The Morgan fingerprint density at radius 3 is 2.88 bits per heavy atom. The van der Waals surface area contributed by atoms with E-state index in [0.29, 0.717) is 23.4 Å². The van der Waals surface area contributed by atoms with Crippen LogP contribution in [-0.2, 0) is 4.79 Å². The summed E-state index contributed by atoms with van der Waals surface area (Å²) in [6.45, 7) is 4.31. The number of hydrogen-bond donors (Lipinski definition) is 1. The second-order valence-electron chi connectivity index (χ2n) is 9.27. The van der Waals surface area contributed by atoms with Gasteiger partial charge in [-0.25, -0.2) is 0 Å². The van der Waals surface area contributed by atoms with Crippen LogP contribution in [0.15, 0.2) is 40.9 Å². The molecule has 174 valence electrons. The molecule has 4 atom stereocenters. The Morgan fingerprint density at radius 2 is 2.18 bits per heavy atom. The number of amides is 1. The maximum Gasteiger partial charge on any atom is 0.234 e. The first-order valence-corrected chi connectivity index (χ1v) is 13.5. The van der Waals surface area contributed by atoms with E-state index in [2.05, 4.69) is 44.5 Å². The number of nitrogens with one attached hydrogen (secondary N) is 1. The lowest BCUT2D eigenvalue weighted by atomic mass is 9.84. The molecule has 1 N–H and O–H groups in total. The number of anilines is 1. The molecule has 4 unspecified atom stereocenters. The maximum atomic E-state index is 12.8. The number of thiophene rings is 1. The molecule has 8 heteroatoms. The van der Waals surface area contributed by atoms with Crippen molar-refractivity contribution < 1.29 is 9.53 Å². The summed E-state index contributed by atoms with van der Waals surface area (Å²) in [6, 6.07) is 10.2. The van der Waals surface area contributed by atoms with Gasteiger partial charge in [-0.1, -0.05) is 30.3 Å². The largest absolute Gasteiger partial charge is 0.495 e. The van der Waals surface area contributed by atoms with Gasteiger partial charge in [-0.15, -0.1) is 21.5 Å². The lowest BCUT2D eigenvalue weighted by Crippen LogP contribution is -2.23. The van der Waals surface area contributed by atoms with E-state index in [0.717, 1.165) is 33.3 Å². The SMILES string of the molecule is COc1ccc(C)cc1NC(=O)CSc1nnc(-c2cccs2)n1C(C)C1CC2CCC1C2. The number of rotatable bonds is 8. The number of fused-ring (bicyclic) bond motifs is 2. The minimum atomic E-state index is -0.0799. The highest BCUT2D eigenvalue weighted by atomic mass is 32.2. The van der Waals surface area contributed by atoms with Gasteiger partial charge in [-0.05, 0) is 80.0 Å². The number of ether oxygens (including phenoxy) is 1. The van der Waals surface area contributed by atoms with Crippen LogP contribution >= 0.6 is 23.1 Å². The fourth-order valence-corrected chi connectivity index (χ4v) is 7.16. The highest BCUT2D eigenvalue weighted by Gasteiger charge is 2.43. The number of nitrogens with zero attached hydrogens (tertiary/aromatic N) is 3. The number of aryl methyl sites for hydroxylation is 1.